The molecule has 0 aromatic rings. The summed E-state index contributed by atoms with van der Waals surface area (Å²) >= 11 is 0. The highest BCUT2D eigenvalue weighted by Gasteiger charge is 2.22. The van der Waals surface area contributed by atoms with Gasteiger partial charge < -0.3 is 33.3 Å². The van der Waals surface area contributed by atoms with Gasteiger partial charge in [0.05, 0.1) is 40.3 Å². The van der Waals surface area contributed by atoms with Crippen LogP contribution in [0.4, 0.5) is 0 Å². The second-order valence-electron chi connectivity index (χ2n) is 19.8. The molecule has 9 nitrogen and oxygen atoms in total. The van der Waals surface area contributed by atoms with Crippen molar-refractivity contribution in [2.45, 2.75) is 245 Å². The maximum atomic E-state index is 12.8. The lowest BCUT2D eigenvalue weighted by Crippen LogP contribution is -2.44. The van der Waals surface area contributed by atoms with E-state index in [1.165, 1.54) is 135 Å². The predicted octanol–water partition coefficient (Wildman–Crippen LogP) is 14.9. The van der Waals surface area contributed by atoms with E-state index in [4.69, 9.17) is 18.9 Å². The van der Waals surface area contributed by atoms with Crippen LogP contribution >= 0.6 is 0 Å². The van der Waals surface area contributed by atoms with E-state index in [0.29, 0.717) is 17.4 Å². The number of carboxylic acid groups (broad SMARTS) is 1. The minimum Gasteiger partial charge on any atom is -0.545 e. The van der Waals surface area contributed by atoms with Crippen LogP contribution < -0.4 is 5.11 Å². The molecule has 0 aliphatic rings. The number of aliphatic carboxylic acids is 1. The van der Waals surface area contributed by atoms with Crippen molar-refractivity contribution in [2.75, 3.05) is 47.5 Å². The molecule has 0 N–H and O–H groups in total. The fourth-order valence-electron chi connectivity index (χ4n) is 7.62. The first kappa shape index (κ1) is 65.7. The highest BCUT2D eigenvalue weighted by Crippen LogP contribution is 2.16. The Morgan fingerprint density at radius 1 is 0.449 bits per heavy atom. The van der Waals surface area contributed by atoms with Gasteiger partial charge in [0.1, 0.15) is 13.2 Å². The van der Waals surface area contributed by atoms with Crippen molar-refractivity contribution < 1.29 is 42.9 Å². The van der Waals surface area contributed by atoms with Gasteiger partial charge >= 0.3 is 11.9 Å². The number of allylic oxidation sites excluding steroid dienone is 12. The summed E-state index contributed by atoms with van der Waals surface area (Å²) in [5.74, 6) is -2.34. The zero-order valence-corrected chi connectivity index (χ0v) is 45.2. The summed E-state index contributed by atoms with van der Waals surface area (Å²) in [5, 5.41) is 11.7. The average molecular weight is 968 g/mol. The first-order valence-corrected chi connectivity index (χ1v) is 28.1. The van der Waals surface area contributed by atoms with E-state index in [1.807, 2.05) is 21.1 Å². The molecule has 398 valence electrons. The van der Waals surface area contributed by atoms with E-state index in [2.05, 4.69) is 86.8 Å². The van der Waals surface area contributed by atoms with Crippen LogP contribution in [0, 0.1) is 0 Å². The maximum absolute atomic E-state index is 12.8. The summed E-state index contributed by atoms with van der Waals surface area (Å²) in [6.07, 6.45) is 62.5. The molecule has 0 fully saturated rings. The van der Waals surface area contributed by atoms with Gasteiger partial charge in [-0.3, -0.25) is 9.59 Å². The molecule has 0 rings (SSSR count). The van der Waals surface area contributed by atoms with Crippen molar-refractivity contribution >= 4 is 17.9 Å². The fraction of sp³-hybridized carbons (Fsp3) is 0.750. The largest absolute Gasteiger partial charge is 0.545 e. The van der Waals surface area contributed by atoms with Gasteiger partial charge in [0.15, 0.2) is 12.4 Å². The third-order valence-electron chi connectivity index (χ3n) is 11.9. The molecular weight excluding hydrogens is 863 g/mol. The number of carbonyl (C=O) groups excluding carboxylic acids is 3. The Kier molecular flexibility index (Phi) is 48.7. The summed E-state index contributed by atoms with van der Waals surface area (Å²) in [6, 6.07) is 0. The Balaban J connectivity index is 4.19. The molecule has 0 aromatic carbocycles. The molecule has 0 radical (unpaired) electrons. The lowest BCUT2D eigenvalue weighted by atomic mass is 10.0. The van der Waals surface area contributed by atoms with E-state index >= 15 is 0 Å². The van der Waals surface area contributed by atoms with Crippen LogP contribution in [-0.4, -0.2) is 82.3 Å². The van der Waals surface area contributed by atoms with Crippen LogP contribution in [0.1, 0.15) is 232 Å². The number of hydrogen-bond acceptors (Lipinski definition) is 8. The lowest BCUT2D eigenvalue weighted by molar-refractivity contribution is -0.870. The molecule has 69 heavy (non-hydrogen) atoms. The molecule has 9 heteroatoms. The zero-order chi connectivity index (χ0) is 50.6. The Morgan fingerprint density at radius 3 is 1.26 bits per heavy atom. The maximum Gasteiger partial charge on any atom is 0.306 e. The second kappa shape index (κ2) is 51.1. The number of hydrogen-bond donors (Lipinski definition) is 0. The molecule has 0 aliphatic heterocycles. The number of esters is 2. The average Bonchev–Trinajstić information content (AvgIpc) is 3.31. The number of quaternary nitrogens is 1. The van der Waals surface area contributed by atoms with Gasteiger partial charge in [-0.1, -0.05) is 209 Å². The van der Waals surface area contributed by atoms with E-state index < -0.39 is 24.3 Å². The number of carbonyl (C=O) groups is 3. The first-order chi connectivity index (χ1) is 33.6. The molecule has 0 aromatic heterocycles. The Morgan fingerprint density at radius 2 is 0.826 bits per heavy atom. The van der Waals surface area contributed by atoms with Gasteiger partial charge in [-0.05, 0) is 83.5 Å². The van der Waals surface area contributed by atoms with Crippen molar-refractivity contribution in [2.24, 2.45) is 0 Å². The SMILES string of the molecule is CC/C=C\C/C=C\C/C=C\C/C=C\CCCCC(=O)OC(COC(=O)CCCCCCCCCCCCCCCCCCC/C=C\C/C=C\CCCCCCC)COC(OCC[N+](C)(C)C)C(=O)[O-]. The minimum absolute atomic E-state index is 0.137. The van der Waals surface area contributed by atoms with E-state index in [9.17, 15) is 19.5 Å². The molecule has 2 atom stereocenters. The number of nitrogens with zero attached hydrogens (tertiary/aromatic N) is 1. The van der Waals surface area contributed by atoms with E-state index in [-0.39, 0.29) is 38.6 Å². The van der Waals surface area contributed by atoms with Crippen LogP contribution in [0.3, 0.4) is 0 Å². The lowest BCUT2D eigenvalue weighted by Gasteiger charge is -2.26. The summed E-state index contributed by atoms with van der Waals surface area (Å²) in [6.45, 7) is 4.58. The summed E-state index contributed by atoms with van der Waals surface area (Å²) in [5.41, 5.74) is 0. The topological polar surface area (TPSA) is 111 Å². The summed E-state index contributed by atoms with van der Waals surface area (Å²) < 4.78 is 22.6. The van der Waals surface area contributed by atoms with Gasteiger partial charge in [-0.15, -0.1) is 0 Å². The predicted molar refractivity (Wildman–Crippen MR) is 288 cm³/mol. The van der Waals surface area contributed by atoms with Crippen molar-refractivity contribution in [1.82, 2.24) is 0 Å². The van der Waals surface area contributed by atoms with Crippen molar-refractivity contribution in [3.63, 3.8) is 0 Å². The van der Waals surface area contributed by atoms with Gasteiger partial charge in [0.25, 0.3) is 0 Å². The third kappa shape index (κ3) is 52.4. The molecule has 0 heterocycles. The Hall–Kier alpha value is -3.27. The molecule has 0 saturated heterocycles. The first-order valence-electron chi connectivity index (χ1n) is 28.1. The molecular formula is C60H105NO8. The van der Waals surface area contributed by atoms with Crippen LogP contribution in [0.25, 0.3) is 0 Å². The normalized spacial score (nSPS) is 13.3. The molecule has 0 bridgehead atoms. The molecule has 0 aliphatic carbocycles. The third-order valence-corrected chi connectivity index (χ3v) is 11.9. The summed E-state index contributed by atoms with van der Waals surface area (Å²) in [7, 11) is 5.90. The highest BCUT2D eigenvalue weighted by atomic mass is 16.7. The Bertz CT molecular complexity index is 1360. The van der Waals surface area contributed by atoms with Crippen LogP contribution in [0.15, 0.2) is 72.9 Å². The highest BCUT2D eigenvalue weighted by molar-refractivity contribution is 5.70. The van der Waals surface area contributed by atoms with Gasteiger partial charge in [0.2, 0.25) is 0 Å². The smallest absolute Gasteiger partial charge is 0.306 e. The fourth-order valence-corrected chi connectivity index (χ4v) is 7.62. The molecule has 2 unspecified atom stereocenters. The number of unbranched alkanes of at least 4 members (excludes halogenated alkanes) is 24. The second-order valence-corrected chi connectivity index (χ2v) is 19.8. The van der Waals surface area contributed by atoms with Crippen molar-refractivity contribution in [3.8, 4) is 0 Å². The number of rotatable bonds is 51. The van der Waals surface area contributed by atoms with Crippen LogP contribution in [0.5, 0.6) is 0 Å². The van der Waals surface area contributed by atoms with Gasteiger partial charge in [-0.25, -0.2) is 0 Å². The van der Waals surface area contributed by atoms with Crippen molar-refractivity contribution in [3.05, 3.63) is 72.9 Å². The monoisotopic (exact) mass is 968 g/mol. The summed E-state index contributed by atoms with van der Waals surface area (Å²) in [4.78, 5) is 37.2. The van der Waals surface area contributed by atoms with Crippen molar-refractivity contribution in [1.29, 1.82) is 0 Å². The number of carboxylic acids is 1. The van der Waals surface area contributed by atoms with Gasteiger partial charge in [-0.2, -0.15) is 0 Å². The molecule has 0 amide bonds. The van der Waals surface area contributed by atoms with E-state index in [0.717, 1.165) is 64.2 Å². The number of likely N-dealkylation sites (N-methyl/N-ethyl adjacent to an activating group) is 1. The molecule has 0 saturated carbocycles. The standard InChI is InChI=1S/C60H105NO8/c1-6-8-10-12-14-16-18-20-22-23-24-25-26-27-28-29-30-31-32-33-34-35-37-38-40-42-44-46-48-50-57(62)67-54-56(55-68-60(59(64)65)66-53-52-61(3,4)5)69-58(63)51-49-47-45-43-41-39-36-21-19-17-15-13-11-9-7-2/h9,11,15,17-18,20-21,23-24,36,41,43,56,60H,6-8,10,12-14,16,19,22,25-35,37-40,42,44-55H2,1-5H3/b11-9-,17-15-,20-18-,24-23-,36-21-,43-41-. The van der Waals surface area contributed by atoms with Crippen LogP contribution in [-0.2, 0) is 33.3 Å². The minimum atomic E-state index is -1.63. The quantitative estimate of drug-likeness (QED) is 0.0195. The van der Waals surface area contributed by atoms with Crippen LogP contribution in [0.2, 0.25) is 0 Å². The molecule has 0 spiro atoms. The number of ether oxygens (including phenoxy) is 4. The van der Waals surface area contributed by atoms with Gasteiger partial charge in [0, 0.05) is 12.8 Å². The zero-order valence-electron chi connectivity index (χ0n) is 45.2. The Labute approximate surface area is 424 Å². The van der Waals surface area contributed by atoms with E-state index in [1.54, 1.807) is 0 Å².